The van der Waals surface area contributed by atoms with Crippen LogP contribution in [-0.4, -0.2) is 4.98 Å². The van der Waals surface area contributed by atoms with Gasteiger partial charge in [-0.25, -0.2) is 0 Å². The van der Waals surface area contributed by atoms with Gasteiger partial charge in [0.1, 0.15) is 0 Å². The van der Waals surface area contributed by atoms with E-state index < -0.39 is 0 Å². The highest BCUT2D eigenvalue weighted by Gasteiger charge is 2.21. The molecule has 0 aliphatic rings. The molecule has 1 aromatic rings. The first-order valence-corrected chi connectivity index (χ1v) is 5.64. The number of nitrogens with zero attached hydrogens (tertiary/aromatic N) is 1. The summed E-state index contributed by atoms with van der Waals surface area (Å²) in [7, 11) is 0. The smallest absolute Gasteiger partial charge is 0.0446 e. The summed E-state index contributed by atoms with van der Waals surface area (Å²) in [5.74, 6) is 0. The SMILES string of the molecule is CC(C)(C)Cc1ncccc1C(C)(C)C. The van der Waals surface area contributed by atoms with Crippen molar-refractivity contribution in [3.8, 4) is 0 Å². The highest BCUT2D eigenvalue weighted by molar-refractivity contribution is 5.27. The molecule has 0 fully saturated rings. The summed E-state index contributed by atoms with van der Waals surface area (Å²) in [5, 5.41) is 0. The topological polar surface area (TPSA) is 12.9 Å². The van der Waals surface area contributed by atoms with Crippen molar-refractivity contribution in [3.63, 3.8) is 0 Å². The Morgan fingerprint density at radius 1 is 1.07 bits per heavy atom. The molecule has 0 radical (unpaired) electrons. The molecule has 1 heterocycles. The monoisotopic (exact) mass is 205 g/mol. The first-order chi connectivity index (χ1) is 6.70. The molecule has 0 saturated carbocycles. The fourth-order valence-corrected chi connectivity index (χ4v) is 1.76. The van der Waals surface area contributed by atoms with Gasteiger partial charge in [-0.2, -0.15) is 0 Å². The molecule has 0 aliphatic carbocycles. The molecule has 0 amide bonds. The van der Waals surface area contributed by atoms with E-state index in [1.807, 2.05) is 12.3 Å². The van der Waals surface area contributed by atoms with E-state index in [0.717, 1.165) is 6.42 Å². The van der Waals surface area contributed by atoms with Crippen LogP contribution in [0.5, 0.6) is 0 Å². The fraction of sp³-hybridized carbons (Fsp3) is 0.643. The van der Waals surface area contributed by atoms with Crippen LogP contribution in [0.2, 0.25) is 0 Å². The zero-order valence-corrected chi connectivity index (χ0v) is 10.9. The van der Waals surface area contributed by atoms with Crippen LogP contribution in [0, 0.1) is 5.41 Å². The van der Waals surface area contributed by atoms with E-state index in [4.69, 9.17) is 0 Å². The van der Waals surface area contributed by atoms with Crippen molar-refractivity contribution in [2.45, 2.75) is 53.4 Å². The van der Waals surface area contributed by atoms with Crippen molar-refractivity contribution in [3.05, 3.63) is 29.6 Å². The molecule has 0 unspecified atom stereocenters. The van der Waals surface area contributed by atoms with E-state index in [9.17, 15) is 0 Å². The highest BCUT2D eigenvalue weighted by atomic mass is 14.7. The molecule has 15 heavy (non-hydrogen) atoms. The predicted molar refractivity (Wildman–Crippen MR) is 66.1 cm³/mol. The van der Waals surface area contributed by atoms with Gasteiger partial charge in [0, 0.05) is 11.9 Å². The fourth-order valence-electron chi connectivity index (χ4n) is 1.76. The average Bonchev–Trinajstić information content (AvgIpc) is 1.99. The molecular weight excluding hydrogens is 182 g/mol. The summed E-state index contributed by atoms with van der Waals surface area (Å²) in [5.41, 5.74) is 3.11. The molecule has 1 heteroatoms. The Kier molecular flexibility index (Phi) is 3.22. The first kappa shape index (κ1) is 12.2. The number of hydrogen-bond acceptors (Lipinski definition) is 1. The maximum Gasteiger partial charge on any atom is 0.0446 e. The maximum absolute atomic E-state index is 4.53. The van der Waals surface area contributed by atoms with Gasteiger partial charge in [0.15, 0.2) is 0 Å². The molecule has 0 aromatic carbocycles. The minimum absolute atomic E-state index is 0.189. The Balaban J connectivity index is 3.08. The average molecular weight is 205 g/mol. The van der Waals surface area contributed by atoms with Gasteiger partial charge in [-0.3, -0.25) is 4.98 Å². The quantitative estimate of drug-likeness (QED) is 0.676. The van der Waals surface area contributed by atoms with Crippen molar-refractivity contribution in [1.82, 2.24) is 4.98 Å². The summed E-state index contributed by atoms with van der Waals surface area (Å²) in [6.07, 6.45) is 2.94. The van der Waals surface area contributed by atoms with Crippen molar-refractivity contribution in [1.29, 1.82) is 0 Å². The summed E-state index contributed by atoms with van der Waals surface area (Å²) in [6.45, 7) is 13.5. The van der Waals surface area contributed by atoms with Crippen molar-refractivity contribution in [2.24, 2.45) is 5.41 Å². The van der Waals surface area contributed by atoms with E-state index >= 15 is 0 Å². The largest absolute Gasteiger partial charge is 0.261 e. The third kappa shape index (κ3) is 3.65. The van der Waals surface area contributed by atoms with Crippen LogP contribution in [0.15, 0.2) is 18.3 Å². The third-order valence-corrected chi connectivity index (χ3v) is 2.40. The van der Waals surface area contributed by atoms with Crippen LogP contribution in [0.25, 0.3) is 0 Å². The zero-order valence-electron chi connectivity index (χ0n) is 10.9. The lowest BCUT2D eigenvalue weighted by Crippen LogP contribution is -2.19. The number of pyridine rings is 1. The predicted octanol–water partition coefficient (Wildman–Crippen LogP) is 3.97. The van der Waals surface area contributed by atoms with E-state index in [0.29, 0.717) is 5.41 Å². The van der Waals surface area contributed by atoms with Crippen molar-refractivity contribution >= 4 is 0 Å². The highest BCUT2D eigenvalue weighted by Crippen LogP contribution is 2.28. The zero-order chi connectivity index (χ0) is 11.7. The number of rotatable bonds is 1. The molecule has 1 rings (SSSR count). The van der Waals surface area contributed by atoms with E-state index in [-0.39, 0.29) is 5.41 Å². The van der Waals surface area contributed by atoms with Gasteiger partial charge in [-0.15, -0.1) is 0 Å². The Hall–Kier alpha value is -0.850. The lowest BCUT2D eigenvalue weighted by atomic mass is 9.81. The van der Waals surface area contributed by atoms with Crippen LogP contribution >= 0.6 is 0 Å². The van der Waals surface area contributed by atoms with Gasteiger partial charge < -0.3 is 0 Å². The van der Waals surface area contributed by atoms with Gasteiger partial charge in [0.2, 0.25) is 0 Å². The van der Waals surface area contributed by atoms with Crippen LogP contribution in [0.4, 0.5) is 0 Å². The molecule has 0 bridgehead atoms. The van der Waals surface area contributed by atoms with Crippen molar-refractivity contribution in [2.75, 3.05) is 0 Å². The minimum atomic E-state index is 0.189. The second-order valence-electron chi connectivity index (χ2n) is 6.49. The standard InChI is InChI=1S/C14H23N/c1-13(2,3)10-12-11(14(4,5)6)8-7-9-15-12/h7-9H,10H2,1-6H3. The van der Waals surface area contributed by atoms with E-state index in [1.165, 1.54) is 11.3 Å². The Bertz CT molecular complexity index is 326. The first-order valence-electron chi connectivity index (χ1n) is 5.64. The lowest BCUT2D eigenvalue weighted by molar-refractivity contribution is 0.400. The van der Waals surface area contributed by atoms with Crippen LogP contribution in [0.3, 0.4) is 0 Å². The molecule has 0 N–H and O–H groups in total. The normalized spacial score (nSPS) is 12.9. The maximum atomic E-state index is 4.53. The molecule has 1 nitrogen and oxygen atoms in total. The number of aromatic nitrogens is 1. The summed E-state index contributed by atoms with van der Waals surface area (Å²) >= 11 is 0. The molecule has 0 saturated heterocycles. The van der Waals surface area contributed by atoms with Crippen LogP contribution in [-0.2, 0) is 11.8 Å². The summed E-state index contributed by atoms with van der Waals surface area (Å²) < 4.78 is 0. The Labute approximate surface area is 93.9 Å². The molecular formula is C14H23N. The van der Waals surface area contributed by atoms with Gasteiger partial charge in [0.05, 0.1) is 0 Å². The Morgan fingerprint density at radius 3 is 2.13 bits per heavy atom. The summed E-state index contributed by atoms with van der Waals surface area (Å²) in [4.78, 5) is 4.53. The van der Waals surface area contributed by atoms with Gasteiger partial charge in [0.25, 0.3) is 0 Å². The van der Waals surface area contributed by atoms with Gasteiger partial charge in [-0.05, 0) is 28.9 Å². The lowest BCUT2D eigenvalue weighted by Gasteiger charge is -2.25. The minimum Gasteiger partial charge on any atom is -0.261 e. The molecule has 1 aromatic heterocycles. The van der Waals surface area contributed by atoms with E-state index in [2.05, 4.69) is 52.6 Å². The van der Waals surface area contributed by atoms with Gasteiger partial charge >= 0.3 is 0 Å². The summed E-state index contributed by atoms with van der Waals surface area (Å²) in [6, 6.07) is 4.24. The van der Waals surface area contributed by atoms with Crippen LogP contribution < -0.4 is 0 Å². The van der Waals surface area contributed by atoms with Gasteiger partial charge in [-0.1, -0.05) is 47.6 Å². The Morgan fingerprint density at radius 2 is 1.67 bits per heavy atom. The van der Waals surface area contributed by atoms with Crippen LogP contribution in [0.1, 0.15) is 52.8 Å². The van der Waals surface area contributed by atoms with E-state index in [1.54, 1.807) is 0 Å². The second kappa shape index (κ2) is 3.96. The molecule has 0 atom stereocenters. The number of hydrogen-bond donors (Lipinski definition) is 0. The molecule has 84 valence electrons. The van der Waals surface area contributed by atoms with Crippen molar-refractivity contribution < 1.29 is 0 Å². The second-order valence-corrected chi connectivity index (χ2v) is 6.49. The molecule has 0 aliphatic heterocycles. The molecule has 0 spiro atoms. The third-order valence-electron chi connectivity index (χ3n) is 2.40.